The Kier molecular flexibility index (Phi) is 5.76. The first-order valence-electron chi connectivity index (χ1n) is 7.14. The van der Waals surface area contributed by atoms with E-state index in [2.05, 4.69) is 26.6 Å². The van der Waals surface area contributed by atoms with Crippen molar-refractivity contribution in [2.24, 2.45) is 5.73 Å². The van der Waals surface area contributed by atoms with Crippen molar-refractivity contribution in [3.63, 3.8) is 0 Å². The predicted octanol–water partition coefficient (Wildman–Crippen LogP) is 3.11. The number of hydrogen-bond acceptors (Lipinski definition) is 2. The molecule has 0 aromatic heterocycles. The standard InChI is InChI=1S/C17H18BrN3O2/c1-11(13-6-8-15(18)9-7-13)21-16(22)14-4-2-12(3-5-14)10-20-17(19)23/h2-9,11H,10H2,1H3,(H,21,22)(H3,19,20,23). The van der Waals surface area contributed by atoms with Crippen LogP contribution in [-0.2, 0) is 6.54 Å². The third kappa shape index (κ3) is 5.10. The van der Waals surface area contributed by atoms with Crippen molar-refractivity contribution in [2.75, 3.05) is 0 Å². The molecule has 0 bridgehead atoms. The van der Waals surface area contributed by atoms with Gasteiger partial charge in [0.05, 0.1) is 6.04 Å². The molecule has 0 saturated heterocycles. The van der Waals surface area contributed by atoms with Gasteiger partial charge in [-0.15, -0.1) is 0 Å². The molecule has 6 heteroatoms. The minimum atomic E-state index is -0.574. The van der Waals surface area contributed by atoms with Gasteiger partial charge in [-0.3, -0.25) is 4.79 Å². The highest BCUT2D eigenvalue weighted by atomic mass is 79.9. The summed E-state index contributed by atoms with van der Waals surface area (Å²) in [4.78, 5) is 22.9. The molecule has 3 amide bonds. The number of amides is 3. The van der Waals surface area contributed by atoms with E-state index in [0.29, 0.717) is 12.1 Å². The Labute approximate surface area is 143 Å². The lowest BCUT2D eigenvalue weighted by atomic mass is 10.1. The first-order chi connectivity index (χ1) is 11.0. The quantitative estimate of drug-likeness (QED) is 0.749. The Hall–Kier alpha value is -2.34. The van der Waals surface area contributed by atoms with Crippen LogP contribution in [0.2, 0.25) is 0 Å². The molecule has 0 heterocycles. The number of urea groups is 1. The van der Waals surface area contributed by atoms with Crippen molar-refractivity contribution in [3.8, 4) is 0 Å². The van der Waals surface area contributed by atoms with Crippen LogP contribution in [0.3, 0.4) is 0 Å². The van der Waals surface area contributed by atoms with E-state index < -0.39 is 6.03 Å². The maximum absolute atomic E-state index is 12.3. The monoisotopic (exact) mass is 375 g/mol. The third-order valence-corrected chi connectivity index (χ3v) is 3.93. The molecule has 0 aliphatic rings. The number of nitrogens with two attached hydrogens (primary N) is 1. The van der Waals surface area contributed by atoms with Gasteiger partial charge in [0.25, 0.3) is 5.91 Å². The van der Waals surface area contributed by atoms with Gasteiger partial charge in [-0.05, 0) is 42.3 Å². The van der Waals surface area contributed by atoms with Crippen molar-refractivity contribution in [1.29, 1.82) is 0 Å². The topological polar surface area (TPSA) is 84.2 Å². The van der Waals surface area contributed by atoms with Crippen LogP contribution in [0.1, 0.15) is 34.5 Å². The maximum Gasteiger partial charge on any atom is 0.312 e. The molecule has 0 aliphatic heterocycles. The average molecular weight is 376 g/mol. The molecule has 1 unspecified atom stereocenters. The number of rotatable bonds is 5. The normalized spacial score (nSPS) is 11.6. The van der Waals surface area contributed by atoms with Gasteiger partial charge in [-0.1, -0.05) is 40.2 Å². The fourth-order valence-corrected chi connectivity index (χ4v) is 2.34. The van der Waals surface area contributed by atoms with Crippen molar-refractivity contribution >= 4 is 27.9 Å². The third-order valence-electron chi connectivity index (χ3n) is 3.40. The zero-order valence-corrected chi connectivity index (χ0v) is 14.3. The molecule has 4 N–H and O–H groups in total. The van der Waals surface area contributed by atoms with Gasteiger partial charge in [-0.25, -0.2) is 4.79 Å². The average Bonchev–Trinajstić information content (AvgIpc) is 2.54. The fraction of sp³-hybridized carbons (Fsp3) is 0.176. The molecule has 0 saturated carbocycles. The van der Waals surface area contributed by atoms with E-state index in [-0.39, 0.29) is 11.9 Å². The summed E-state index contributed by atoms with van der Waals surface area (Å²) in [6.45, 7) is 2.28. The SMILES string of the molecule is CC(NC(=O)c1ccc(CNC(N)=O)cc1)c1ccc(Br)cc1. The number of nitrogens with one attached hydrogen (secondary N) is 2. The molecule has 2 rings (SSSR count). The molecule has 23 heavy (non-hydrogen) atoms. The number of benzene rings is 2. The van der Waals surface area contributed by atoms with Crippen LogP contribution in [0.4, 0.5) is 4.79 Å². The maximum atomic E-state index is 12.3. The van der Waals surface area contributed by atoms with E-state index in [9.17, 15) is 9.59 Å². The molecule has 120 valence electrons. The zero-order valence-electron chi connectivity index (χ0n) is 12.7. The molecular formula is C17H18BrN3O2. The van der Waals surface area contributed by atoms with Crippen LogP contribution in [-0.4, -0.2) is 11.9 Å². The lowest BCUT2D eigenvalue weighted by molar-refractivity contribution is 0.0940. The molecule has 0 aliphatic carbocycles. The highest BCUT2D eigenvalue weighted by molar-refractivity contribution is 9.10. The number of halogens is 1. The molecular weight excluding hydrogens is 358 g/mol. The Bertz CT molecular complexity index is 684. The summed E-state index contributed by atoms with van der Waals surface area (Å²) < 4.78 is 1.000. The van der Waals surface area contributed by atoms with E-state index in [1.165, 1.54) is 0 Å². The Balaban J connectivity index is 1.97. The lowest BCUT2D eigenvalue weighted by Gasteiger charge is -2.14. The summed E-state index contributed by atoms with van der Waals surface area (Å²) in [6.07, 6.45) is 0. The predicted molar refractivity (Wildman–Crippen MR) is 92.9 cm³/mol. The van der Waals surface area contributed by atoms with E-state index in [4.69, 9.17) is 5.73 Å². The van der Waals surface area contributed by atoms with E-state index >= 15 is 0 Å². The van der Waals surface area contributed by atoms with Crippen LogP contribution in [0.15, 0.2) is 53.0 Å². The Morgan fingerprint density at radius 2 is 1.70 bits per heavy atom. The Morgan fingerprint density at radius 1 is 1.09 bits per heavy atom. The van der Waals surface area contributed by atoms with Gasteiger partial charge in [0.1, 0.15) is 0 Å². The molecule has 0 spiro atoms. The number of carbonyl (C=O) groups is 2. The lowest BCUT2D eigenvalue weighted by Crippen LogP contribution is -2.28. The second-order valence-electron chi connectivity index (χ2n) is 5.16. The van der Waals surface area contributed by atoms with Gasteiger partial charge >= 0.3 is 6.03 Å². The zero-order chi connectivity index (χ0) is 16.8. The second kappa shape index (κ2) is 7.78. The molecule has 2 aromatic carbocycles. The summed E-state index contributed by atoms with van der Waals surface area (Å²) in [5.74, 6) is -0.144. The van der Waals surface area contributed by atoms with E-state index in [1.54, 1.807) is 24.3 Å². The smallest absolute Gasteiger partial charge is 0.312 e. The molecule has 0 radical (unpaired) electrons. The van der Waals surface area contributed by atoms with Crippen molar-refractivity contribution in [3.05, 3.63) is 69.7 Å². The summed E-state index contributed by atoms with van der Waals surface area (Å²) in [5.41, 5.74) is 7.49. The van der Waals surface area contributed by atoms with Crippen LogP contribution in [0.5, 0.6) is 0 Å². The van der Waals surface area contributed by atoms with Gasteiger partial charge in [0.15, 0.2) is 0 Å². The largest absolute Gasteiger partial charge is 0.352 e. The summed E-state index contributed by atoms with van der Waals surface area (Å²) in [5, 5.41) is 5.46. The number of carbonyl (C=O) groups excluding carboxylic acids is 2. The first-order valence-corrected chi connectivity index (χ1v) is 7.93. The van der Waals surface area contributed by atoms with Gasteiger partial charge in [0.2, 0.25) is 0 Å². The molecule has 1 atom stereocenters. The Morgan fingerprint density at radius 3 is 2.26 bits per heavy atom. The van der Waals surface area contributed by atoms with Crippen LogP contribution in [0, 0.1) is 0 Å². The highest BCUT2D eigenvalue weighted by Crippen LogP contribution is 2.17. The van der Waals surface area contributed by atoms with Gasteiger partial charge in [0, 0.05) is 16.6 Å². The highest BCUT2D eigenvalue weighted by Gasteiger charge is 2.11. The molecule has 0 fully saturated rings. The minimum Gasteiger partial charge on any atom is -0.352 e. The molecule has 2 aromatic rings. The molecule has 5 nitrogen and oxygen atoms in total. The van der Waals surface area contributed by atoms with Crippen LogP contribution < -0.4 is 16.4 Å². The fourth-order valence-electron chi connectivity index (χ4n) is 2.08. The van der Waals surface area contributed by atoms with Crippen molar-refractivity contribution < 1.29 is 9.59 Å². The van der Waals surface area contributed by atoms with Crippen LogP contribution in [0.25, 0.3) is 0 Å². The first kappa shape index (κ1) is 17.0. The van der Waals surface area contributed by atoms with Crippen molar-refractivity contribution in [1.82, 2.24) is 10.6 Å². The van der Waals surface area contributed by atoms with Crippen LogP contribution >= 0.6 is 15.9 Å². The van der Waals surface area contributed by atoms with Crippen molar-refractivity contribution in [2.45, 2.75) is 19.5 Å². The summed E-state index contributed by atoms with van der Waals surface area (Å²) >= 11 is 3.39. The second-order valence-corrected chi connectivity index (χ2v) is 6.08. The van der Waals surface area contributed by atoms with Gasteiger partial charge < -0.3 is 16.4 Å². The van der Waals surface area contributed by atoms with E-state index in [1.807, 2.05) is 31.2 Å². The summed E-state index contributed by atoms with van der Waals surface area (Å²) in [6, 6.07) is 14.2. The van der Waals surface area contributed by atoms with Gasteiger partial charge in [-0.2, -0.15) is 0 Å². The summed E-state index contributed by atoms with van der Waals surface area (Å²) in [7, 11) is 0. The number of primary amides is 1. The van der Waals surface area contributed by atoms with E-state index in [0.717, 1.165) is 15.6 Å². The minimum absolute atomic E-state index is 0.0909. The number of hydrogen-bond donors (Lipinski definition) is 3.